The number of amides is 2. The molecule has 0 radical (unpaired) electrons. The Hall–Kier alpha value is -2.70. The van der Waals surface area contributed by atoms with E-state index in [1.54, 1.807) is 62.4 Å². The molecule has 2 rings (SSSR count). The number of carbonyl (C=O) groups excluding carboxylic acids is 2. The number of rotatable bonds is 9. The summed E-state index contributed by atoms with van der Waals surface area (Å²) in [5.41, 5.74) is 2.79. The van der Waals surface area contributed by atoms with Gasteiger partial charge in [-0.2, -0.15) is 0 Å². The fourth-order valence-electron chi connectivity index (χ4n) is 2.77. The molecule has 0 aromatic heterocycles. The van der Waals surface area contributed by atoms with E-state index in [9.17, 15) is 19.8 Å². The second-order valence-electron chi connectivity index (χ2n) is 6.91. The maximum absolute atomic E-state index is 12.0. The van der Waals surface area contributed by atoms with Crippen molar-refractivity contribution in [3.05, 3.63) is 59.7 Å². The molecule has 0 unspecified atom stereocenters. The highest BCUT2D eigenvalue weighted by atomic mass is 16.3. The smallest absolute Gasteiger partial charge is 0.224 e. The van der Waals surface area contributed by atoms with Crippen molar-refractivity contribution in [1.82, 2.24) is 0 Å². The molecular weight excluding hydrogens is 356 g/mol. The van der Waals surface area contributed by atoms with Gasteiger partial charge in [0, 0.05) is 24.2 Å². The minimum absolute atomic E-state index is 0.118. The van der Waals surface area contributed by atoms with Gasteiger partial charge in [0.2, 0.25) is 11.8 Å². The van der Waals surface area contributed by atoms with Crippen LogP contribution in [0.4, 0.5) is 11.4 Å². The number of carbonyl (C=O) groups is 2. The van der Waals surface area contributed by atoms with Crippen LogP contribution in [0.25, 0.3) is 0 Å². The first-order valence-corrected chi connectivity index (χ1v) is 9.51. The number of aliphatic hydroxyl groups excluding tert-OH is 2. The van der Waals surface area contributed by atoms with E-state index in [4.69, 9.17) is 0 Å². The topological polar surface area (TPSA) is 98.7 Å². The molecule has 6 nitrogen and oxygen atoms in total. The zero-order chi connectivity index (χ0) is 20.5. The number of hydrogen-bond acceptors (Lipinski definition) is 4. The largest absolute Gasteiger partial charge is 0.389 e. The summed E-state index contributed by atoms with van der Waals surface area (Å²) < 4.78 is 0. The Morgan fingerprint density at radius 3 is 1.54 bits per heavy atom. The fraction of sp³-hybridized carbons (Fsp3) is 0.364. The molecule has 0 saturated carbocycles. The predicted octanol–water partition coefficient (Wildman–Crippen LogP) is 3.93. The first-order chi connectivity index (χ1) is 13.3. The minimum Gasteiger partial charge on any atom is -0.389 e. The van der Waals surface area contributed by atoms with Crippen molar-refractivity contribution in [3.8, 4) is 0 Å². The molecule has 4 N–H and O–H groups in total. The number of hydrogen-bond donors (Lipinski definition) is 4. The van der Waals surface area contributed by atoms with Crippen LogP contribution in [0.3, 0.4) is 0 Å². The van der Waals surface area contributed by atoms with Gasteiger partial charge in [-0.25, -0.2) is 0 Å². The zero-order valence-electron chi connectivity index (χ0n) is 16.3. The van der Waals surface area contributed by atoms with Gasteiger partial charge in [-0.3, -0.25) is 9.59 Å². The Kier molecular flexibility index (Phi) is 8.17. The van der Waals surface area contributed by atoms with E-state index < -0.39 is 12.2 Å². The Labute approximate surface area is 165 Å². The van der Waals surface area contributed by atoms with Crippen LogP contribution in [-0.2, 0) is 9.59 Å². The number of anilines is 2. The molecule has 2 atom stereocenters. The molecule has 28 heavy (non-hydrogen) atoms. The summed E-state index contributed by atoms with van der Waals surface area (Å²) in [4.78, 5) is 24.1. The van der Waals surface area contributed by atoms with Crippen LogP contribution in [0.5, 0.6) is 0 Å². The fourth-order valence-corrected chi connectivity index (χ4v) is 2.77. The third-order valence-corrected chi connectivity index (χ3v) is 4.36. The third-order valence-electron chi connectivity index (χ3n) is 4.36. The molecular formula is C22H28N2O4. The van der Waals surface area contributed by atoms with Gasteiger partial charge in [0.25, 0.3) is 0 Å². The SMILES string of the molecule is C[C@H](O)c1cccc(NC(=O)CCCCC(=O)Nc2cccc([C@H](C)O)c2)c1. The van der Waals surface area contributed by atoms with Crippen LogP contribution in [0, 0.1) is 0 Å². The molecule has 2 aromatic rings. The first kappa shape index (κ1) is 21.6. The van der Waals surface area contributed by atoms with Gasteiger partial charge in [-0.05, 0) is 62.1 Å². The molecule has 2 amide bonds. The van der Waals surface area contributed by atoms with E-state index in [-0.39, 0.29) is 11.8 Å². The lowest BCUT2D eigenvalue weighted by Gasteiger charge is -2.10. The van der Waals surface area contributed by atoms with E-state index in [2.05, 4.69) is 10.6 Å². The highest BCUT2D eigenvalue weighted by Gasteiger charge is 2.08. The van der Waals surface area contributed by atoms with E-state index in [1.807, 2.05) is 0 Å². The highest BCUT2D eigenvalue weighted by molar-refractivity contribution is 5.91. The summed E-state index contributed by atoms with van der Waals surface area (Å²) in [5.74, 6) is -0.236. The molecule has 0 fully saturated rings. The van der Waals surface area contributed by atoms with Gasteiger partial charge in [0.15, 0.2) is 0 Å². The summed E-state index contributed by atoms with van der Waals surface area (Å²) in [7, 11) is 0. The Bertz CT molecular complexity index is 735. The summed E-state index contributed by atoms with van der Waals surface area (Å²) in [6, 6.07) is 14.2. The van der Waals surface area contributed by atoms with Gasteiger partial charge in [-0.1, -0.05) is 24.3 Å². The van der Waals surface area contributed by atoms with E-state index >= 15 is 0 Å². The van der Waals surface area contributed by atoms with Crippen LogP contribution in [0.2, 0.25) is 0 Å². The maximum atomic E-state index is 12.0. The number of nitrogens with one attached hydrogen (secondary N) is 2. The van der Waals surface area contributed by atoms with Gasteiger partial charge < -0.3 is 20.8 Å². The molecule has 0 bridgehead atoms. The lowest BCUT2D eigenvalue weighted by molar-refractivity contribution is -0.118. The second kappa shape index (κ2) is 10.6. The summed E-state index contributed by atoms with van der Waals surface area (Å²) in [6.45, 7) is 3.35. The Balaban J connectivity index is 1.70. The van der Waals surface area contributed by atoms with E-state index in [1.165, 1.54) is 0 Å². The van der Waals surface area contributed by atoms with Crippen LogP contribution in [0.1, 0.15) is 62.9 Å². The summed E-state index contributed by atoms with van der Waals surface area (Å²) >= 11 is 0. The van der Waals surface area contributed by atoms with Crippen molar-refractivity contribution < 1.29 is 19.8 Å². The molecule has 0 spiro atoms. The second-order valence-corrected chi connectivity index (χ2v) is 6.91. The van der Waals surface area contributed by atoms with Crippen LogP contribution < -0.4 is 10.6 Å². The van der Waals surface area contributed by atoms with Crippen molar-refractivity contribution in [2.24, 2.45) is 0 Å². The highest BCUT2D eigenvalue weighted by Crippen LogP contribution is 2.18. The normalized spacial score (nSPS) is 12.9. The average molecular weight is 384 g/mol. The lowest BCUT2D eigenvalue weighted by Crippen LogP contribution is -2.13. The van der Waals surface area contributed by atoms with Gasteiger partial charge in [0.1, 0.15) is 0 Å². The van der Waals surface area contributed by atoms with E-state index in [0.717, 1.165) is 11.1 Å². The van der Waals surface area contributed by atoms with Crippen molar-refractivity contribution in [1.29, 1.82) is 0 Å². The van der Waals surface area contributed by atoms with Crippen molar-refractivity contribution >= 4 is 23.2 Å². The molecule has 0 heterocycles. The monoisotopic (exact) mass is 384 g/mol. The number of unbranched alkanes of at least 4 members (excludes halogenated alkanes) is 1. The molecule has 0 aliphatic rings. The lowest BCUT2D eigenvalue weighted by atomic mass is 10.1. The Morgan fingerprint density at radius 2 is 1.18 bits per heavy atom. The van der Waals surface area contributed by atoms with Gasteiger partial charge in [0.05, 0.1) is 12.2 Å². The number of benzene rings is 2. The minimum atomic E-state index is -0.586. The average Bonchev–Trinajstić information content (AvgIpc) is 2.65. The Morgan fingerprint density at radius 1 is 0.786 bits per heavy atom. The van der Waals surface area contributed by atoms with E-state index in [0.29, 0.717) is 37.1 Å². The third kappa shape index (κ3) is 7.13. The predicted molar refractivity (Wildman–Crippen MR) is 110 cm³/mol. The zero-order valence-corrected chi connectivity index (χ0v) is 16.3. The molecule has 0 saturated heterocycles. The van der Waals surface area contributed by atoms with Crippen molar-refractivity contribution in [3.63, 3.8) is 0 Å². The van der Waals surface area contributed by atoms with Crippen molar-refractivity contribution in [2.45, 2.75) is 51.7 Å². The summed E-state index contributed by atoms with van der Waals surface area (Å²) in [5, 5.41) is 24.8. The van der Waals surface area contributed by atoms with Gasteiger partial charge >= 0.3 is 0 Å². The molecule has 6 heteroatoms. The van der Waals surface area contributed by atoms with Crippen LogP contribution in [0.15, 0.2) is 48.5 Å². The summed E-state index contributed by atoms with van der Waals surface area (Å²) in [6.07, 6.45) is 0.674. The molecule has 2 aromatic carbocycles. The quantitative estimate of drug-likeness (QED) is 0.492. The maximum Gasteiger partial charge on any atom is 0.224 e. The van der Waals surface area contributed by atoms with Crippen LogP contribution >= 0.6 is 0 Å². The molecule has 150 valence electrons. The van der Waals surface area contributed by atoms with Crippen molar-refractivity contribution in [2.75, 3.05) is 10.6 Å². The molecule has 0 aliphatic carbocycles. The standard InChI is InChI=1S/C22H28N2O4/c1-15(25)17-7-5-9-19(13-17)23-21(27)11-3-4-12-22(28)24-20-10-6-8-18(14-20)16(2)26/h5-10,13-16,25-26H,3-4,11-12H2,1-2H3,(H,23,27)(H,24,28)/t15-,16-/m0/s1. The van der Waals surface area contributed by atoms with Crippen LogP contribution in [-0.4, -0.2) is 22.0 Å². The van der Waals surface area contributed by atoms with Gasteiger partial charge in [-0.15, -0.1) is 0 Å². The number of aliphatic hydroxyl groups is 2. The molecule has 0 aliphatic heterocycles. The first-order valence-electron chi connectivity index (χ1n) is 9.51.